The number of benzene rings is 1. The molecule has 0 saturated carbocycles. The number of ether oxygens (including phenoxy) is 2. The highest BCUT2D eigenvalue weighted by atomic mass is 35.5. The largest absolute Gasteiger partial charge is 0.467 e. The molecule has 1 rings (SSSR count). The third-order valence-corrected chi connectivity index (χ3v) is 2.57. The number of halogens is 1. The monoisotopic (exact) mass is 271 g/mol. The summed E-state index contributed by atoms with van der Waals surface area (Å²) in [5, 5.41) is 2.82. The Labute approximate surface area is 110 Å². The molecule has 0 aromatic heterocycles. The SMILES string of the molecule is COCC(NC(=O)c1ccccc1Cl)C(=O)OC. The molecule has 1 aromatic carbocycles. The van der Waals surface area contributed by atoms with E-state index in [1.165, 1.54) is 14.2 Å². The minimum Gasteiger partial charge on any atom is -0.467 e. The van der Waals surface area contributed by atoms with Crippen LogP contribution < -0.4 is 5.32 Å². The van der Waals surface area contributed by atoms with Crippen molar-refractivity contribution < 1.29 is 19.1 Å². The summed E-state index contributed by atoms with van der Waals surface area (Å²) in [4.78, 5) is 23.3. The molecule has 0 heterocycles. The molecule has 1 unspecified atom stereocenters. The van der Waals surface area contributed by atoms with E-state index in [0.717, 1.165) is 0 Å². The van der Waals surface area contributed by atoms with Gasteiger partial charge in [0.05, 0.1) is 24.3 Å². The van der Waals surface area contributed by atoms with E-state index >= 15 is 0 Å². The maximum atomic E-state index is 11.9. The molecule has 1 atom stereocenters. The van der Waals surface area contributed by atoms with Crippen LogP contribution in [0.5, 0.6) is 0 Å². The normalized spacial score (nSPS) is 11.7. The lowest BCUT2D eigenvalue weighted by Gasteiger charge is -2.15. The van der Waals surface area contributed by atoms with Gasteiger partial charge in [0, 0.05) is 7.11 Å². The van der Waals surface area contributed by atoms with E-state index in [1.54, 1.807) is 24.3 Å². The Morgan fingerprint density at radius 2 is 2.00 bits per heavy atom. The van der Waals surface area contributed by atoms with Gasteiger partial charge in [0.15, 0.2) is 6.04 Å². The molecule has 1 N–H and O–H groups in total. The lowest BCUT2D eigenvalue weighted by atomic mass is 10.2. The zero-order valence-electron chi connectivity index (χ0n) is 10.1. The third kappa shape index (κ3) is 3.72. The van der Waals surface area contributed by atoms with Gasteiger partial charge in [-0.15, -0.1) is 0 Å². The quantitative estimate of drug-likeness (QED) is 0.819. The van der Waals surface area contributed by atoms with Crippen molar-refractivity contribution in [2.45, 2.75) is 6.04 Å². The first-order valence-corrected chi connectivity index (χ1v) is 5.60. The molecular weight excluding hydrogens is 258 g/mol. The number of amides is 1. The standard InChI is InChI=1S/C12H14ClNO4/c1-17-7-10(12(16)18-2)14-11(15)8-5-3-4-6-9(8)13/h3-6,10H,7H2,1-2H3,(H,14,15). The Kier molecular flexibility index (Phi) is 5.61. The van der Waals surface area contributed by atoms with Crippen molar-refractivity contribution >= 4 is 23.5 Å². The molecular formula is C12H14ClNO4. The third-order valence-electron chi connectivity index (χ3n) is 2.24. The molecule has 0 aliphatic rings. The zero-order chi connectivity index (χ0) is 13.5. The van der Waals surface area contributed by atoms with Gasteiger partial charge >= 0.3 is 5.97 Å². The maximum Gasteiger partial charge on any atom is 0.330 e. The van der Waals surface area contributed by atoms with Crippen LogP contribution in [-0.2, 0) is 14.3 Å². The number of nitrogens with one attached hydrogen (secondary N) is 1. The number of carbonyl (C=O) groups is 2. The molecule has 1 aromatic rings. The van der Waals surface area contributed by atoms with Crippen LogP contribution in [0.1, 0.15) is 10.4 Å². The molecule has 5 nitrogen and oxygen atoms in total. The van der Waals surface area contributed by atoms with E-state index < -0.39 is 17.9 Å². The first-order valence-electron chi connectivity index (χ1n) is 5.22. The molecule has 18 heavy (non-hydrogen) atoms. The Morgan fingerprint density at radius 3 is 2.56 bits per heavy atom. The van der Waals surface area contributed by atoms with Crippen LogP contribution in [0.15, 0.2) is 24.3 Å². The van der Waals surface area contributed by atoms with E-state index in [-0.39, 0.29) is 6.61 Å². The molecule has 0 aliphatic carbocycles. The van der Waals surface area contributed by atoms with Gasteiger partial charge in [0.2, 0.25) is 0 Å². The summed E-state index contributed by atoms with van der Waals surface area (Å²) in [6.45, 7) is 0.0306. The number of rotatable bonds is 5. The van der Waals surface area contributed by atoms with Gasteiger partial charge in [0.1, 0.15) is 0 Å². The fourth-order valence-corrected chi connectivity index (χ4v) is 1.58. The summed E-state index contributed by atoms with van der Waals surface area (Å²) in [6.07, 6.45) is 0. The van der Waals surface area contributed by atoms with Crippen LogP contribution in [0.3, 0.4) is 0 Å². The number of esters is 1. The highest BCUT2D eigenvalue weighted by Crippen LogP contribution is 2.14. The van der Waals surface area contributed by atoms with E-state index in [4.69, 9.17) is 16.3 Å². The highest BCUT2D eigenvalue weighted by Gasteiger charge is 2.22. The summed E-state index contributed by atoms with van der Waals surface area (Å²) in [7, 11) is 2.67. The maximum absolute atomic E-state index is 11.9. The second kappa shape index (κ2) is 6.98. The van der Waals surface area contributed by atoms with Crippen molar-refractivity contribution in [3.63, 3.8) is 0 Å². The average Bonchev–Trinajstić information content (AvgIpc) is 2.37. The molecule has 0 bridgehead atoms. The van der Waals surface area contributed by atoms with Crippen LogP contribution >= 0.6 is 11.6 Å². The highest BCUT2D eigenvalue weighted by molar-refractivity contribution is 6.33. The van der Waals surface area contributed by atoms with Gasteiger partial charge in [-0.05, 0) is 12.1 Å². The van der Waals surface area contributed by atoms with Crippen LogP contribution in [0.4, 0.5) is 0 Å². The van der Waals surface area contributed by atoms with Crippen molar-refractivity contribution in [3.8, 4) is 0 Å². The van der Waals surface area contributed by atoms with Crippen LogP contribution in [0.2, 0.25) is 5.02 Å². The molecule has 1 amide bonds. The van der Waals surface area contributed by atoms with E-state index in [0.29, 0.717) is 10.6 Å². The second-order valence-corrected chi connectivity index (χ2v) is 3.89. The first-order chi connectivity index (χ1) is 8.60. The molecule has 0 fully saturated rings. The molecule has 0 spiro atoms. The lowest BCUT2D eigenvalue weighted by Crippen LogP contribution is -2.44. The summed E-state index contributed by atoms with van der Waals surface area (Å²) >= 11 is 5.88. The van der Waals surface area contributed by atoms with E-state index in [9.17, 15) is 9.59 Å². The molecule has 0 radical (unpaired) electrons. The predicted molar refractivity (Wildman–Crippen MR) is 66.6 cm³/mol. The van der Waals surface area contributed by atoms with E-state index in [1.807, 2.05) is 0 Å². The Balaban J connectivity index is 2.79. The molecule has 0 saturated heterocycles. The Bertz CT molecular complexity index is 436. The number of carbonyl (C=O) groups excluding carboxylic acids is 2. The van der Waals surface area contributed by atoms with Crippen LogP contribution in [0.25, 0.3) is 0 Å². The van der Waals surface area contributed by atoms with E-state index in [2.05, 4.69) is 10.1 Å². The number of methoxy groups -OCH3 is 2. The smallest absolute Gasteiger partial charge is 0.330 e. The minimum absolute atomic E-state index is 0.0306. The number of hydrogen-bond donors (Lipinski definition) is 1. The van der Waals surface area contributed by atoms with Crippen molar-refractivity contribution in [2.75, 3.05) is 20.8 Å². The van der Waals surface area contributed by atoms with Crippen molar-refractivity contribution in [2.24, 2.45) is 0 Å². The fraction of sp³-hybridized carbons (Fsp3) is 0.333. The van der Waals surface area contributed by atoms with Crippen LogP contribution in [0, 0.1) is 0 Å². The van der Waals surface area contributed by atoms with Crippen LogP contribution in [-0.4, -0.2) is 38.7 Å². The Hall–Kier alpha value is -1.59. The van der Waals surface area contributed by atoms with Crippen molar-refractivity contribution in [1.82, 2.24) is 5.32 Å². The summed E-state index contributed by atoms with van der Waals surface area (Å²) in [5.41, 5.74) is 0.296. The van der Waals surface area contributed by atoms with Crippen molar-refractivity contribution in [3.05, 3.63) is 34.9 Å². The summed E-state index contributed by atoms with van der Waals surface area (Å²) in [5.74, 6) is -1.02. The van der Waals surface area contributed by atoms with Crippen molar-refractivity contribution in [1.29, 1.82) is 0 Å². The Morgan fingerprint density at radius 1 is 1.33 bits per heavy atom. The topological polar surface area (TPSA) is 64.6 Å². The number of hydrogen-bond acceptors (Lipinski definition) is 4. The summed E-state index contributed by atoms with van der Waals surface area (Å²) in [6, 6.07) is 5.71. The predicted octanol–water partition coefficient (Wildman–Crippen LogP) is 1.26. The fourth-order valence-electron chi connectivity index (χ4n) is 1.36. The molecule has 0 aliphatic heterocycles. The van der Waals surface area contributed by atoms with Gasteiger partial charge in [-0.3, -0.25) is 4.79 Å². The van der Waals surface area contributed by atoms with Gasteiger partial charge in [-0.2, -0.15) is 0 Å². The second-order valence-electron chi connectivity index (χ2n) is 3.48. The minimum atomic E-state index is -0.858. The zero-order valence-corrected chi connectivity index (χ0v) is 10.9. The lowest BCUT2D eigenvalue weighted by molar-refractivity contribution is -0.144. The van der Waals surface area contributed by atoms with Gasteiger partial charge in [-0.25, -0.2) is 4.79 Å². The van der Waals surface area contributed by atoms with Gasteiger partial charge < -0.3 is 14.8 Å². The first kappa shape index (κ1) is 14.5. The molecule has 6 heteroatoms. The molecule has 98 valence electrons. The van der Waals surface area contributed by atoms with Gasteiger partial charge in [-0.1, -0.05) is 23.7 Å². The van der Waals surface area contributed by atoms with Gasteiger partial charge in [0.25, 0.3) is 5.91 Å². The average molecular weight is 272 g/mol. The summed E-state index contributed by atoms with van der Waals surface area (Å²) < 4.78 is 9.41.